The second-order valence-electron chi connectivity index (χ2n) is 10.3. The number of unbranched alkanes of at least 4 members (excludes halogenated alkanes) is 1. The molecule has 0 atom stereocenters. The maximum absolute atomic E-state index is 13.6. The monoisotopic (exact) mass is 499 g/mol. The predicted molar refractivity (Wildman–Crippen MR) is 145 cm³/mol. The fourth-order valence-electron chi connectivity index (χ4n) is 5.67. The van der Waals surface area contributed by atoms with Crippen LogP contribution in [0.1, 0.15) is 75.2 Å². The molecule has 4 aromatic rings. The normalized spacial score (nSPS) is 14.3. The van der Waals surface area contributed by atoms with Crippen LogP contribution in [0.3, 0.4) is 0 Å². The summed E-state index contributed by atoms with van der Waals surface area (Å²) in [6.07, 6.45) is 12.8. The lowest BCUT2D eigenvalue weighted by atomic mass is 9.87. The van der Waals surface area contributed by atoms with E-state index in [4.69, 9.17) is 4.98 Å². The maximum atomic E-state index is 13.6. The van der Waals surface area contributed by atoms with Gasteiger partial charge in [0.1, 0.15) is 0 Å². The SMILES string of the molecule is CCCCc1c(C)n(CCC2CCCCC2)c(=O)n1Cc1ccc(-c2ccccc2-c2nn[nH]n2)nc1. The Morgan fingerprint density at radius 1 is 1.03 bits per heavy atom. The minimum atomic E-state index is 0.117. The van der Waals surface area contributed by atoms with Crippen molar-refractivity contribution >= 4 is 0 Å². The van der Waals surface area contributed by atoms with Crippen LogP contribution in [0, 0.1) is 12.8 Å². The van der Waals surface area contributed by atoms with Gasteiger partial charge < -0.3 is 0 Å². The summed E-state index contributed by atoms with van der Waals surface area (Å²) in [5, 5.41) is 14.5. The standard InChI is InChI=1S/C29H37N7O/c1-3-4-14-27-21(2)35(18-17-22-10-6-5-7-11-22)29(37)36(27)20-23-15-16-26(30-19-23)24-12-8-9-13-25(24)28-31-33-34-32-28/h8-9,12-13,15-16,19,22H,3-7,10-11,14,17-18,20H2,1-2H3,(H,31,32,33,34). The van der Waals surface area contributed by atoms with Crippen LogP contribution in [0.5, 0.6) is 0 Å². The van der Waals surface area contributed by atoms with Gasteiger partial charge in [-0.15, -0.1) is 10.2 Å². The van der Waals surface area contributed by atoms with Crippen LogP contribution in [0.25, 0.3) is 22.6 Å². The minimum absolute atomic E-state index is 0.117. The van der Waals surface area contributed by atoms with Gasteiger partial charge in [0, 0.05) is 35.3 Å². The lowest BCUT2D eigenvalue weighted by Gasteiger charge is -2.21. The molecule has 0 saturated heterocycles. The zero-order valence-corrected chi connectivity index (χ0v) is 22.0. The van der Waals surface area contributed by atoms with E-state index in [1.807, 2.05) is 45.7 Å². The van der Waals surface area contributed by atoms with Crippen molar-refractivity contribution in [3.8, 4) is 22.6 Å². The highest BCUT2D eigenvalue weighted by molar-refractivity contribution is 5.78. The van der Waals surface area contributed by atoms with Crippen LogP contribution in [0.2, 0.25) is 0 Å². The van der Waals surface area contributed by atoms with Gasteiger partial charge in [-0.3, -0.25) is 14.1 Å². The molecule has 37 heavy (non-hydrogen) atoms. The first-order chi connectivity index (χ1) is 18.2. The van der Waals surface area contributed by atoms with Crippen molar-refractivity contribution in [2.24, 2.45) is 5.92 Å². The number of H-pyrrole nitrogens is 1. The number of hydrogen-bond donors (Lipinski definition) is 1. The molecule has 0 unspecified atom stereocenters. The van der Waals surface area contributed by atoms with Crippen molar-refractivity contribution in [3.05, 3.63) is 70.0 Å². The maximum Gasteiger partial charge on any atom is 0.328 e. The average molecular weight is 500 g/mol. The van der Waals surface area contributed by atoms with Crippen molar-refractivity contribution in [2.45, 2.75) is 84.7 Å². The highest BCUT2D eigenvalue weighted by atomic mass is 16.1. The Morgan fingerprint density at radius 2 is 1.84 bits per heavy atom. The molecule has 0 spiro atoms. The molecular weight excluding hydrogens is 462 g/mol. The third kappa shape index (κ3) is 5.58. The molecule has 8 heteroatoms. The summed E-state index contributed by atoms with van der Waals surface area (Å²) in [4.78, 5) is 18.4. The van der Waals surface area contributed by atoms with Gasteiger partial charge in [-0.05, 0) is 48.9 Å². The molecule has 3 aromatic heterocycles. The van der Waals surface area contributed by atoms with Crippen molar-refractivity contribution in [1.29, 1.82) is 0 Å². The Morgan fingerprint density at radius 3 is 2.54 bits per heavy atom. The Bertz CT molecular complexity index is 1350. The van der Waals surface area contributed by atoms with E-state index >= 15 is 0 Å². The summed E-state index contributed by atoms with van der Waals surface area (Å²) in [5.74, 6) is 1.30. The molecule has 1 aliphatic rings. The molecule has 1 N–H and O–H groups in total. The summed E-state index contributed by atoms with van der Waals surface area (Å²) < 4.78 is 4.01. The lowest BCUT2D eigenvalue weighted by molar-refractivity contribution is 0.321. The van der Waals surface area contributed by atoms with E-state index < -0.39 is 0 Å². The van der Waals surface area contributed by atoms with E-state index in [1.54, 1.807) is 0 Å². The largest absolute Gasteiger partial charge is 0.328 e. The first-order valence-electron chi connectivity index (χ1n) is 13.7. The number of benzene rings is 1. The fraction of sp³-hybridized carbons (Fsp3) is 0.483. The Kier molecular flexibility index (Phi) is 7.92. The van der Waals surface area contributed by atoms with E-state index in [1.165, 1.54) is 37.8 Å². The minimum Gasteiger partial charge on any atom is -0.296 e. The van der Waals surface area contributed by atoms with E-state index in [9.17, 15) is 4.79 Å². The lowest BCUT2D eigenvalue weighted by Crippen LogP contribution is -2.27. The predicted octanol–water partition coefficient (Wildman–Crippen LogP) is 5.56. The molecule has 1 fully saturated rings. The highest BCUT2D eigenvalue weighted by Gasteiger charge is 2.19. The van der Waals surface area contributed by atoms with Crippen LogP contribution in [0.15, 0.2) is 47.4 Å². The number of hydrogen-bond acceptors (Lipinski definition) is 5. The molecule has 1 saturated carbocycles. The summed E-state index contributed by atoms with van der Waals surface area (Å²) in [6.45, 7) is 5.69. The number of imidazole rings is 1. The molecule has 194 valence electrons. The van der Waals surface area contributed by atoms with Crippen LogP contribution in [-0.2, 0) is 19.5 Å². The number of aromatic nitrogens is 7. The van der Waals surface area contributed by atoms with Crippen molar-refractivity contribution in [1.82, 2.24) is 34.7 Å². The number of tetrazole rings is 1. The molecule has 0 aliphatic heterocycles. The summed E-state index contributed by atoms with van der Waals surface area (Å²) in [5.41, 5.74) is 6.09. The van der Waals surface area contributed by atoms with Crippen LogP contribution < -0.4 is 5.69 Å². The number of nitrogens with one attached hydrogen (secondary N) is 1. The average Bonchev–Trinajstić information content (AvgIpc) is 3.55. The van der Waals surface area contributed by atoms with Crippen molar-refractivity contribution in [3.63, 3.8) is 0 Å². The molecule has 1 aliphatic carbocycles. The summed E-state index contributed by atoms with van der Waals surface area (Å²) in [7, 11) is 0. The third-order valence-corrected chi connectivity index (χ3v) is 7.82. The van der Waals surface area contributed by atoms with Crippen LogP contribution >= 0.6 is 0 Å². The molecule has 8 nitrogen and oxygen atoms in total. The topological polar surface area (TPSA) is 94.3 Å². The van der Waals surface area contributed by atoms with Crippen LogP contribution in [0.4, 0.5) is 0 Å². The first kappa shape index (κ1) is 25.1. The first-order valence-corrected chi connectivity index (χ1v) is 13.7. The molecule has 0 bridgehead atoms. The Hall–Kier alpha value is -3.55. The van der Waals surface area contributed by atoms with E-state index in [2.05, 4.69) is 40.5 Å². The second kappa shape index (κ2) is 11.7. The second-order valence-corrected chi connectivity index (χ2v) is 10.3. The number of nitrogens with zero attached hydrogens (tertiary/aromatic N) is 6. The fourth-order valence-corrected chi connectivity index (χ4v) is 5.67. The molecule has 0 radical (unpaired) electrons. The molecular formula is C29H37N7O. The van der Waals surface area contributed by atoms with Gasteiger partial charge in [0.05, 0.1) is 12.2 Å². The zero-order valence-electron chi connectivity index (χ0n) is 22.0. The summed E-state index contributed by atoms with van der Waals surface area (Å²) >= 11 is 0. The van der Waals surface area contributed by atoms with Gasteiger partial charge in [0.2, 0.25) is 5.82 Å². The van der Waals surface area contributed by atoms with Gasteiger partial charge in [-0.1, -0.05) is 75.8 Å². The molecule has 1 aromatic carbocycles. The van der Waals surface area contributed by atoms with Gasteiger partial charge in [-0.2, -0.15) is 5.21 Å². The molecule has 0 amide bonds. The Balaban J connectivity index is 1.39. The van der Waals surface area contributed by atoms with Gasteiger partial charge in [-0.25, -0.2) is 4.79 Å². The number of pyridine rings is 1. The quantitative estimate of drug-likeness (QED) is 0.308. The zero-order chi connectivity index (χ0) is 25.6. The third-order valence-electron chi connectivity index (χ3n) is 7.82. The van der Waals surface area contributed by atoms with E-state index in [0.29, 0.717) is 12.4 Å². The van der Waals surface area contributed by atoms with Gasteiger partial charge >= 0.3 is 5.69 Å². The van der Waals surface area contributed by atoms with E-state index in [0.717, 1.165) is 66.2 Å². The van der Waals surface area contributed by atoms with E-state index in [-0.39, 0.29) is 5.69 Å². The number of aromatic amines is 1. The highest BCUT2D eigenvalue weighted by Crippen LogP contribution is 2.29. The molecule has 3 heterocycles. The summed E-state index contributed by atoms with van der Waals surface area (Å²) in [6, 6.07) is 12.0. The van der Waals surface area contributed by atoms with Crippen molar-refractivity contribution in [2.75, 3.05) is 0 Å². The number of rotatable bonds is 10. The van der Waals surface area contributed by atoms with Gasteiger partial charge in [0.15, 0.2) is 0 Å². The molecule has 5 rings (SSSR count). The smallest absolute Gasteiger partial charge is 0.296 e. The Labute approximate surface area is 218 Å². The van der Waals surface area contributed by atoms with Gasteiger partial charge in [0.25, 0.3) is 0 Å². The van der Waals surface area contributed by atoms with Crippen LogP contribution in [-0.4, -0.2) is 34.7 Å². The van der Waals surface area contributed by atoms with Crippen molar-refractivity contribution < 1.29 is 0 Å².